The predicted octanol–water partition coefficient (Wildman–Crippen LogP) is 3.18. The van der Waals surface area contributed by atoms with Gasteiger partial charge in [-0.2, -0.15) is 0 Å². The van der Waals surface area contributed by atoms with Crippen LogP contribution in [0.1, 0.15) is 24.2 Å². The summed E-state index contributed by atoms with van der Waals surface area (Å²) in [5.74, 6) is 1.02. The van der Waals surface area contributed by atoms with Crippen molar-refractivity contribution in [3.05, 3.63) is 78.1 Å². The Balaban J connectivity index is 1.99. The van der Waals surface area contributed by atoms with Crippen molar-refractivity contribution in [3.63, 3.8) is 0 Å². The predicted molar refractivity (Wildman–Crippen MR) is 106 cm³/mol. The van der Waals surface area contributed by atoms with Crippen molar-refractivity contribution in [3.8, 4) is 5.75 Å². The number of para-hydroxylation sites is 1. The monoisotopic (exact) mass is 371 g/mol. The summed E-state index contributed by atoms with van der Waals surface area (Å²) in [5, 5.41) is 16.5. The van der Waals surface area contributed by atoms with Crippen molar-refractivity contribution in [2.45, 2.75) is 19.6 Å². The number of nitrogens with zero attached hydrogens (tertiary/aromatic N) is 1. The van der Waals surface area contributed by atoms with Gasteiger partial charge in [-0.1, -0.05) is 43.0 Å². The van der Waals surface area contributed by atoms with Gasteiger partial charge in [0.15, 0.2) is 5.96 Å². The molecule has 0 bridgehead atoms. The van der Waals surface area contributed by atoms with Crippen LogP contribution in [-0.2, 0) is 6.54 Å². The quantitative estimate of drug-likeness (QED) is 0.360. The number of ether oxygens (including phenoxy) is 1. The third-order valence-electron chi connectivity index (χ3n) is 3.80. The van der Waals surface area contributed by atoms with Crippen LogP contribution in [0.2, 0.25) is 0 Å². The molecule has 0 amide bonds. The summed E-state index contributed by atoms with van der Waals surface area (Å²) >= 11 is 0. The van der Waals surface area contributed by atoms with Gasteiger partial charge in [0.05, 0.1) is 12.6 Å². The number of aliphatic imine (C=N–C) groups is 1. The second-order valence-electron chi connectivity index (χ2n) is 5.85. The van der Waals surface area contributed by atoms with Gasteiger partial charge >= 0.3 is 0 Å². The normalized spacial score (nSPS) is 12.3. The first-order valence-electron chi connectivity index (χ1n) is 8.91. The standard InChI is InChI=1S/C21H26FN3O2/c1-3-13-27-20-8-6-5-7-17(20)14-24-21(23-4-2)25-15-19(26)16-9-11-18(22)12-10-16/h3,5-12,19,26H,1,4,13-15H2,2H3,(H2,23,24,25). The summed E-state index contributed by atoms with van der Waals surface area (Å²) in [6.07, 6.45) is 0.931. The molecule has 144 valence electrons. The zero-order chi connectivity index (χ0) is 19.5. The largest absolute Gasteiger partial charge is 0.489 e. The van der Waals surface area contributed by atoms with Crippen LogP contribution >= 0.6 is 0 Å². The number of aliphatic hydroxyl groups is 1. The maximum Gasteiger partial charge on any atom is 0.191 e. The van der Waals surface area contributed by atoms with E-state index in [1.165, 1.54) is 12.1 Å². The topological polar surface area (TPSA) is 65.9 Å². The van der Waals surface area contributed by atoms with Gasteiger partial charge in [-0.25, -0.2) is 9.38 Å². The van der Waals surface area contributed by atoms with E-state index >= 15 is 0 Å². The molecule has 2 rings (SSSR count). The number of rotatable bonds is 9. The number of benzene rings is 2. The Bertz CT molecular complexity index is 747. The fourth-order valence-electron chi connectivity index (χ4n) is 2.43. The van der Waals surface area contributed by atoms with Crippen molar-refractivity contribution in [2.75, 3.05) is 19.7 Å². The van der Waals surface area contributed by atoms with Gasteiger partial charge in [-0.15, -0.1) is 0 Å². The molecule has 1 unspecified atom stereocenters. The lowest BCUT2D eigenvalue weighted by Gasteiger charge is -2.16. The molecular formula is C21H26FN3O2. The first-order valence-corrected chi connectivity index (χ1v) is 8.91. The molecule has 27 heavy (non-hydrogen) atoms. The molecular weight excluding hydrogens is 345 g/mol. The second-order valence-corrected chi connectivity index (χ2v) is 5.85. The van der Waals surface area contributed by atoms with Crippen LogP contribution in [0.15, 0.2) is 66.2 Å². The molecule has 1 atom stereocenters. The van der Waals surface area contributed by atoms with Gasteiger partial charge in [0.25, 0.3) is 0 Å². The van der Waals surface area contributed by atoms with Gasteiger partial charge in [0.1, 0.15) is 18.2 Å². The minimum absolute atomic E-state index is 0.256. The molecule has 0 aliphatic carbocycles. The molecule has 2 aromatic rings. The summed E-state index contributed by atoms with van der Waals surface area (Å²) in [4.78, 5) is 4.55. The molecule has 0 heterocycles. The fraction of sp³-hybridized carbons (Fsp3) is 0.286. The van der Waals surface area contributed by atoms with E-state index in [0.717, 1.165) is 11.3 Å². The lowest BCUT2D eigenvalue weighted by atomic mass is 10.1. The van der Waals surface area contributed by atoms with Crippen LogP contribution in [-0.4, -0.2) is 30.8 Å². The van der Waals surface area contributed by atoms with Gasteiger partial charge in [0.2, 0.25) is 0 Å². The van der Waals surface area contributed by atoms with Gasteiger partial charge < -0.3 is 20.5 Å². The van der Waals surface area contributed by atoms with E-state index < -0.39 is 6.10 Å². The molecule has 0 aliphatic rings. The lowest BCUT2D eigenvalue weighted by molar-refractivity contribution is 0.180. The van der Waals surface area contributed by atoms with Crippen LogP contribution in [0.4, 0.5) is 4.39 Å². The first-order chi connectivity index (χ1) is 13.1. The summed E-state index contributed by atoms with van der Waals surface area (Å²) < 4.78 is 18.6. The number of hydrogen-bond acceptors (Lipinski definition) is 3. The molecule has 0 aliphatic heterocycles. The Morgan fingerprint density at radius 3 is 2.67 bits per heavy atom. The van der Waals surface area contributed by atoms with Crippen molar-refractivity contribution in [2.24, 2.45) is 4.99 Å². The van der Waals surface area contributed by atoms with E-state index in [-0.39, 0.29) is 12.4 Å². The highest BCUT2D eigenvalue weighted by Gasteiger charge is 2.09. The van der Waals surface area contributed by atoms with Crippen LogP contribution in [0.3, 0.4) is 0 Å². The smallest absolute Gasteiger partial charge is 0.191 e. The van der Waals surface area contributed by atoms with Crippen LogP contribution in [0.25, 0.3) is 0 Å². The maximum atomic E-state index is 13.0. The zero-order valence-electron chi connectivity index (χ0n) is 15.5. The van der Waals surface area contributed by atoms with Crippen LogP contribution < -0.4 is 15.4 Å². The Kier molecular flexibility index (Phi) is 8.32. The first kappa shape index (κ1) is 20.5. The summed E-state index contributed by atoms with van der Waals surface area (Å²) in [7, 11) is 0. The summed E-state index contributed by atoms with van der Waals surface area (Å²) in [6, 6.07) is 13.5. The molecule has 6 heteroatoms. The van der Waals surface area contributed by atoms with Crippen molar-refractivity contribution >= 4 is 5.96 Å². The lowest BCUT2D eigenvalue weighted by Crippen LogP contribution is -2.39. The van der Waals surface area contributed by atoms with Crippen molar-refractivity contribution < 1.29 is 14.2 Å². The molecule has 0 spiro atoms. The van der Waals surface area contributed by atoms with Crippen molar-refractivity contribution in [1.82, 2.24) is 10.6 Å². The Labute approximate surface area is 159 Å². The molecule has 0 aromatic heterocycles. The van der Waals surface area contributed by atoms with E-state index in [4.69, 9.17) is 4.74 Å². The van der Waals surface area contributed by atoms with E-state index in [1.54, 1.807) is 18.2 Å². The molecule has 2 aromatic carbocycles. The minimum Gasteiger partial charge on any atom is -0.489 e. The van der Waals surface area contributed by atoms with Gasteiger partial charge in [0, 0.05) is 18.7 Å². The van der Waals surface area contributed by atoms with E-state index in [1.807, 2.05) is 31.2 Å². The van der Waals surface area contributed by atoms with Gasteiger partial charge in [-0.05, 0) is 30.7 Å². The number of guanidine groups is 1. The molecule has 0 radical (unpaired) electrons. The number of halogens is 1. The van der Waals surface area contributed by atoms with E-state index in [9.17, 15) is 9.50 Å². The second kappa shape index (κ2) is 11.0. The number of aliphatic hydroxyl groups excluding tert-OH is 1. The minimum atomic E-state index is -0.766. The molecule has 0 fully saturated rings. The number of hydrogen-bond donors (Lipinski definition) is 3. The summed E-state index contributed by atoms with van der Waals surface area (Å²) in [5.41, 5.74) is 1.60. The highest BCUT2D eigenvalue weighted by Crippen LogP contribution is 2.19. The average molecular weight is 371 g/mol. The van der Waals surface area contributed by atoms with E-state index in [2.05, 4.69) is 22.2 Å². The van der Waals surface area contributed by atoms with E-state index in [0.29, 0.717) is 31.2 Å². The molecule has 0 saturated heterocycles. The summed E-state index contributed by atoms with van der Waals surface area (Å²) in [6.45, 7) is 7.43. The van der Waals surface area contributed by atoms with Crippen molar-refractivity contribution in [1.29, 1.82) is 0 Å². The Hall–Kier alpha value is -2.86. The molecule has 0 saturated carbocycles. The number of nitrogens with one attached hydrogen (secondary N) is 2. The SMILES string of the molecule is C=CCOc1ccccc1CN=C(NCC)NCC(O)c1ccc(F)cc1. The maximum absolute atomic E-state index is 13.0. The zero-order valence-corrected chi connectivity index (χ0v) is 15.5. The fourth-order valence-corrected chi connectivity index (χ4v) is 2.43. The average Bonchev–Trinajstić information content (AvgIpc) is 2.69. The highest BCUT2D eigenvalue weighted by atomic mass is 19.1. The van der Waals surface area contributed by atoms with Crippen LogP contribution in [0, 0.1) is 5.82 Å². The molecule has 5 nitrogen and oxygen atoms in total. The molecule has 3 N–H and O–H groups in total. The third-order valence-corrected chi connectivity index (χ3v) is 3.80. The van der Waals surface area contributed by atoms with Crippen LogP contribution in [0.5, 0.6) is 5.75 Å². The highest BCUT2D eigenvalue weighted by molar-refractivity contribution is 5.79. The third kappa shape index (κ3) is 6.75. The Morgan fingerprint density at radius 2 is 1.96 bits per heavy atom. The van der Waals surface area contributed by atoms with Gasteiger partial charge in [-0.3, -0.25) is 0 Å². The Morgan fingerprint density at radius 1 is 1.22 bits per heavy atom.